The Kier molecular flexibility index (Phi) is 4.45. The largest absolute Gasteiger partial charge is 0.392 e. The van der Waals surface area contributed by atoms with Crippen LogP contribution < -0.4 is 5.73 Å². The molecule has 1 atom stereocenters. The Balaban J connectivity index is 2.66. The second kappa shape index (κ2) is 5.20. The molecule has 0 spiro atoms. The first-order valence-corrected chi connectivity index (χ1v) is 6.85. The summed E-state index contributed by atoms with van der Waals surface area (Å²) in [6, 6.07) is 0. The molecule has 15 heavy (non-hydrogen) atoms. The molecule has 1 saturated heterocycles. The lowest BCUT2D eigenvalue weighted by atomic mass is 10.2. The van der Waals surface area contributed by atoms with E-state index in [1.54, 1.807) is 0 Å². The van der Waals surface area contributed by atoms with E-state index in [1.807, 2.05) is 6.92 Å². The van der Waals surface area contributed by atoms with Crippen molar-refractivity contribution in [2.24, 2.45) is 5.73 Å². The minimum absolute atomic E-state index is 0.00883. The minimum atomic E-state index is -3.34. The van der Waals surface area contributed by atoms with Crippen molar-refractivity contribution in [3.8, 4) is 0 Å². The molecule has 1 rings (SSSR count). The van der Waals surface area contributed by atoms with Crippen molar-refractivity contribution in [2.75, 3.05) is 25.4 Å². The molecule has 1 aliphatic heterocycles. The van der Waals surface area contributed by atoms with Crippen LogP contribution in [0.15, 0.2) is 0 Å². The van der Waals surface area contributed by atoms with Gasteiger partial charge in [-0.05, 0) is 6.42 Å². The fourth-order valence-electron chi connectivity index (χ4n) is 1.46. The summed E-state index contributed by atoms with van der Waals surface area (Å²) in [5.41, 5.74) is 5.25. The van der Waals surface area contributed by atoms with Gasteiger partial charge < -0.3 is 10.5 Å². The Morgan fingerprint density at radius 2 is 2.33 bits per heavy atom. The molecule has 2 N–H and O–H groups in total. The molecule has 0 aromatic rings. The number of thiocarbonyl (C=S) groups is 1. The van der Waals surface area contributed by atoms with Crippen molar-refractivity contribution < 1.29 is 13.2 Å². The van der Waals surface area contributed by atoms with Crippen LogP contribution in [0.2, 0.25) is 0 Å². The smallest absolute Gasteiger partial charge is 0.220 e. The fourth-order valence-corrected chi connectivity index (χ4v) is 3.20. The summed E-state index contributed by atoms with van der Waals surface area (Å²) in [4.78, 5) is 0.00883. The van der Waals surface area contributed by atoms with Gasteiger partial charge in [-0.3, -0.25) is 0 Å². The van der Waals surface area contributed by atoms with Crippen LogP contribution in [-0.2, 0) is 14.8 Å². The van der Waals surface area contributed by atoms with E-state index in [2.05, 4.69) is 12.2 Å². The molecular weight excluding hydrogens is 236 g/mol. The van der Waals surface area contributed by atoms with Gasteiger partial charge in [0.1, 0.15) is 5.75 Å². The summed E-state index contributed by atoms with van der Waals surface area (Å²) in [5.74, 6) is -0.251. The molecule has 1 heterocycles. The molecule has 1 aliphatic rings. The van der Waals surface area contributed by atoms with Crippen LogP contribution >= 0.6 is 12.2 Å². The fraction of sp³-hybridized carbons (Fsp3) is 0.875. The van der Waals surface area contributed by atoms with Crippen LogP contribution in [0.1, 0.15) is 13.3 Å². The van der Waals surface area contributed by atoms with Crippen molar-refractivity contribution in [3.05, 3.63) is 0 Å². The zero-order valence-electron chi connectivity index (χ0n) is 8.68. The molecular formula is C8H16N2O3S2. The van der Waals surface area contributed by atoms with Crippen LogP contribution in [0, 0.1) is 0 Å². The number of nitrogens with two attached hydrogens (primary N) is 1. The molecule has 0 aromatic carbocycles. The van der Waals surface area contributed by atoms with Gasteiger partial charge in [0.25, 0.3) is 0 Å². The zero-order chi connectivity index (χ0) is 11.5. The number of ether oxygens (including phenoxy) is 1. The molecule has 5 nitrogen and oxygen atoms in total. The molecule has 0 bridgehead atoms. The summed E-state index contributed by atoms with van der Waals surface area (Å²) >= 11 is 4.61. The summed E-state index contributed by atoms with van der Waals surface area (Å²) in [6.45, 7) is 3.20. The van der Waals surface area contributed by atoms with E-state index in [-0.39, 0.29) is 16.8 Å². The number of sulfonamides is 1. The van der Waals surface area contributed by atoms with E-state index in [9.17, 15) is 8.42 Å². The molecule has 0 radical (unpaired) electrons. The molecule has 0 aliphatic carbocycles. The average Bonchev–Trinajstić information content (AvgIpc) is 2.16. The van der Waals surface area contributed by atoms with Crippen molar-refractivity contribution in [2.45, 2.75) is 19.4 Å². The second-order valence-electron chi connectivity index (χ2n) is 3.48. The lowest BCUT2D eigenvalue weighted by Gasteiger charge is -2.31. The van der Waals surface area contributed by atoms with Crippen molar-refractivity contribution >= 4 is 27.2 Å². The van der Waals surface area contributed by atoms with Crippen molar-refractivity contribution in [1.82, 2.24) is 4.31 Å². The summed E-state index contributed by atoms with van der Waals surface area (Å²) in [6.07, 6.45) is 0.791. The Morgan fingerprint density at radius 1 is 1.67 bits per heavy atom. The number of hydrogen-bond acceptors (Lipinski definition) is 4. The Bertz CT molecular complexity index is 329. The van der Waals surface area contributed by atoms with Gasteiger partial charge >= 0.3 is 0 Å². The molecule has 0 amide bonds. The van der Waals surface area contributed by atoms with E-state index in [0.717, 1.165) is 6.42 Å². The topological polar surface area (TPSA) is 72.6 Å². The molecule has 1 unspecified atom stereocenters. The monoisotopic (exact) mass is 252 g/mol. The molecule has 7 heteroatoms. The van der Waals surface area contributed by atoms with E-state index in [4.69, 9.17) is 10.5 Å². The number of morpholine rings is 1. The highest BCUT2D eigenvalue weighted by Crippen LogP contribution is 2.12. The lowest BCUT2D eigenvalue weighted by molar-refractivity contribution is -0.00265. The number of hydrogen-bond donors (Lipinski definition) is 1. The Morgan fingerprint density at radius 3 is 2.87 bits per heavy atom. The van der Waals surface area contributed by atoms with Gasteiger partial charge in [0.15, 0.2) is 0 Å². The highest BCUT2D eigenvalue weighted by Gasteiger charge is 2.28. The number of rotatable bonds is 4. The van der Waals surface area contributed by atoms with Crippen molar-refractivity contribution in [1.29, 1.82) is 0 Å². The normalized spacial score (nSPS) is 23.9. The van der Waals surface area contributed by atoms with Crippen molar-refractivity contribution in [3.63, 3.8) is 0 Å². The van der Waals surface area contributed by atoms with Gasteiger partial charge in [-0.15, -0.1) is 0 Å². The highest BCUT2D eigenvalue weighted by atomic mass is 32.2. The van der Waals surface area contributed by atoms with Crippen LogP contribution in [0.25, 0.3) is 0 Å². The van der Waals surface area contributed by atoms with Gasteiger partial charge in [0.05, 0.1) is 17.7 Å². The first kappa shape index (κ1) is 12.8. The van der Waals surface area contributed by atoms with E-state index >= 15 is 0 Å². The van der Waals surface area contributed by atoms with E-state index in [0.29, 0.717) is 19.7 Å². The zero-order valence-corrected chi connectivity index (χ0v) is 10.3. The van der Waals surface area contributed by atoms with Crippen LogP contribution in [0.3, 0.4) is 0 Å². The van der Waals surface area contributed by atoms with Gasteiger partial charge in [0, 0.05) is 13.1 Å². The maximum atomic E-state index is 11.8. The van der Waals surface area contributed by atoms with Gasteiger partial charge in [0.2, 0.25) is 10.0 Å². The summed E-state index contributed by atoms with van der Waals surface area (Å²) in [5, 5.41) is 0. The third-order valence-electron chi connectivity index (χ3n) is 2.27. The summed E-state index contributed by atoms with van der Waals surface area (Å²) in [7, 11) is -3.34. The van der Waals surface area contributed by atoms with E-state index in [1.165, 1.54) is 4.31 Å². The third-order valence-corrected chi connectivity index (χ3v) is 4.40. The van der Waals surface area contributed by atoms with Gasteiger partial charge in [-0.25, -0.2) is 8.42 Å². The predicted molar refractivity (Wildman–Crippen MR) is 62.2 cm³/mol. The molecule has 88 valence electrons. The first-order valence-electron chi connectivity index (χ1n) is 4.83. The minimum Gasteiger partial charge on any atom is -0.392 e. The SMILES string of the molecule is CCC1CN(S(=O)(=O)CC(N)=S)CCO1. The average molecular weight is 252 g/mol. The first-order chi connectivity index (χ1) is 6.95. The summed E-state index contributed by atoms with van der Waals surface area (Å²) < 4.78 is 30.3. The van der Waals surface area contributed by atoms with Gasteiger partial charge in [-0.2, -0.15) is 4.31 Å². The molecule has 0 saturated carbocycles. The predicted octanol–water partition coefficient (Wildman–Crippen LogP) is -0.287. The standard InChI is InChI=1S/C8H16N2O3S2/c1-2-7-5-10(3-4-13-7)15(11,12)6-8(9)14/h7H,2-6H2,1H3,(H2,9,14). The third kappa shape index (κ3) is 3.67. The molecule has 0 aromatic heterocycles. The van der Waals surface area contributed by atoms with Crippen LogP contribution in [0.4, 0.5) is 0 Å². The van der Waals surface area contributed by atoms with Crippen LogP contribution in [-0.4, -0.2) is 49.3 Å². The van der Waals surface area contributed by atoms with Gasteiger partial charge in [-0.1, -0.05) is 19.1 Å². The van der Waals surface area contributed by atoms with Crippen LogP contribution in [0.5, 0.6) is 0 Å². The highest BCUT2D eigenvalue weighted by molar-refractivity contribution is 7.92. The Hall–Kier alpha value is -0.240. The Labute approximate surface area is 95.6 Å². The maximum Gasteiger partial charge on any atom is 0.220 e. The maximum absolute atomic E-state index is 11.8. The number of nitrogens with zero attached hydrogens (tertiary/aromatic N) is 1. The van der Waals surface area contributed by atoms with E-state index < -0.39 is 10.0 Å². The lowest BCUT2D eigenvalue weighted by Crippen LogP contribution is -2.47. The molecule has 1 fully saturated rings. The quantitative estimate of drug-likeness (QED) is 0.696. The second-order valence-corrected chi connectivity index (χ2v) is 5.97.